The van der Waals surface area contributed by atoms with Gasteiger partial charge in [0.05, 0.1) is 11.6 Å². The second-order valence-electron chi connectivity index (χ2n) is 4.16. The van der Waals surface area contributed by atoms with Crippen molar-refractivity contribution in [3.05, 3.63) is 53.9 Å². The standard InChI is InChI=1S/C13H13ClF2N2/c1-10(14)11-7-17-18(8-11)9-13(15,16)12-5-3-2-4-6-12/h2-8,10H,9H2,1H3. The van der Waals surface area contributed by atoms with Crippen LogP contribution >= 0.6 is 11.6 Å². The van der Waals surface area contributed by atoms with E-state index in [0.29, 0.717) is 0 Å². The third kappa shape index (κ3) is 2.88. The van der Waals surface area contributed by atoms with Gasteiger partial charge < -0.3 is 0 Å². The van der Waals surface area contributed by atoms with Crippen molar-refractivity contribution in [2.75, 3.05) is 0 Å². The van der Waals surface area contributed by atoms with E-state index < -0.39 is 12.5 Å². The minimum atomic E-state index is -2.94. The van der Waals surface area contributed by atoms with E-state index in [-0.39, 0.29) is 10.9 Å². The van der Waals surface area contributed by atoms with Gasteiger partial charge in [-0.2, -0.15) is 13.9 Å². The molecule has 2 rings (SSSR count). The van der Waals surface area contributed by atoms with Gasteiger partial charge in [0.1, 0.15) is 6.54 Å². The Bertz CT molecular complexity index is 509. The first kappa shape index (κ1) is 13.0. The topological polar surface area (TPSA) is 17.8 Å². The highest BCUT2D eigenvalue weighted by atomic mass is 35.5. The number of nitrogens with zero attached hydrogens (tertiary/aromatic N) is 2. The minimum Gasteiger partial charge on any atom is -0.266 e. The molecule has 0 aliphatic rings. The van der Waals surface area contributed by atoms with E-state index in [4.69, 9.17) is 11.6 Å². The van der Waals surface area contributed by atoms with E-state index in [1.807, 2.05) is 0 Å². The lowest BCUT2D eigenvalue weighted by Gasteiger charge is -2.16. The zero-order valence-corrected chi connectivity index (χ0v) is 10.6. The first-order valence-electron chi connectivity index (χ1n) is 5.59. The number of hydrogen-bond donors (Lipinski definition) is 0. The number of alkyl halides is 3. The Hall–Kier alpha value is -1.42. The average Bonchev–Trinajstić information content (AvgIpc) is 2.78. The Morgan fingerprint density at radius 3 is 2.56 bits per heavy atom. The molecule has 2 aromatic rings. The van der Waals surface area contributed by atoms with Crippen LogP contribution in [0.15, 0.2) is 42.7 Å². The monoisotopic (exact) mass is 270 g/mol. The summed E-state index contributed by atoms with van der Waals surface area (Å²) >= 11 is 5.86. The molecular weight excluding hydrogens is 258 g/mol. The molecule has 1 aromatic heterocycles. The van der Waals surface area contributed by atoms with Crippen LogP contribution in [0.3, 0.4) is 0 Å². The molecule has 18 heavy (non-hydrogen) atoms. The summed E-state index contributed by atoms with van der Waals surface area (Å²) in [5.41, 5.74) is 0.724. The number of halogens is 3. The number of hydrogen-bond acceptors (Lipinski definition) is 1. The molecule has 0 saturated heterocycles. The van der Waals surface area contributed by atoms with Gasteiger partial charge in [0.2, 0.25) is 0 Å². The zero-order chi connectivity index (χ0) is 13.2. The Labute approximate surface area is 109 Å². The third-order valence-corrected chi connectivity index (χ3v) is 2.92. The molecule has 0 aliphatic heterocycles. The summed E-state index contributed by atoms with van der Waals surface area (Å²) in [6, 6.07) is 7.72. The molecular formula is C13H13ClF2N2. The molecule has 0 N–H and O–H groups in total. The van der Waals surface area contributed by atoms with Crippen LogP contribution in [0, 0.1) is 0 Å². The lowest BCUT2D eigenvalue weighted by atomic mass is 10.1. The maximum Gasteiger partial charge on any atom is 0.292 e. The molecule has 1 unspecified atom stereocenters. The predicted octanol–water partition coefficient (Wildman–Crippen LogP) is 3.97. The summed E-state index contributed by atoms with van der Waals surface area (Å²) in [5, 5.41) is 3.67. The van der Waals surface area contributed by atoms with Crippen LogP contribution < -0.4 is 0 Å². The quantitative estimate of drug-likeness (QED) is 0.769. The van der Waals surface area contributed by atoms with Gasteiger partial charge in [-0.1, -0.05) is 30.3 Å². The van der Waals surface area contributed by atoms with Gasteiger partial charge in [0.25, 0.3) is 5.92 Å². The van der Waals surface area contributed by atoms with E-state index in [0.717, 1.165) is 5.56 Å². The van der Waals surface area contributed by atoms with Crippen molar-refractivity contribution in [3.8, 4) is 0 Å². The first-order chi connectivity index (χ1) is 8.49. The second kappa shape index (κ2) is 5.06. The summed E-state index contributed by atoms with van der Waals surface area (Å²) in [6.45, 7) is 1.29. The summed E-state index contributed by atoms with van der Waals surface area (Å²) in [6.07, 6.45) is 3.06. The molecule has 5 heteroatoms. The molecule has 0 radical (unpaired) electrons. The van der Waals surface area contributed by atoms with Gasteiger partial charge in [-0.25, -0.2) is 0 Å². The predicted molar refractivity (Wildman–Crippen MR) is 66.8 cm³/mol. The molecule has 1 aromatic carbocycles. The molecule has 96 valence electrons. The van der Waals surface area contributed by atoms with E-state index in [1.54, 1.807) is 31.3 Å². The Balaban J connectivity index is 2.17. The smallest absolute Gasteiger partial charge is 0.266 e. The molecule has 0 spiro atoms. The second-order valence-corrected chi connectivity index (χ2v) is 4.81. The van der Waals surface area contributed by atoms with Crippen LogP contribution in [0.4, 0.5) is 8.78 Å². The lowest BCUT2D eigenvalue weighted by Crippen LogP contribution is -2.21. The van der Waals surface area contributed by atoms with Crippen molar-refractivity contribution in [3.63, 3.8) is 0 Å². The summed E-state index contributed by atoms with van der Waals surface area (Å²) in [5.74, 6) is -2.94. The summed E-state index contributed by atoms with van der Waals surface area (Å²) in [4.78, 5) is 0. The van der Waals surface area contributed by atoms with Crippen LogP contribution in [-0.4, -0.2) is 9.78 Å². The number of rotatable bonds is 4. The van der Waals surface area contributed by atoms with E-state index in [2.05, 4.69) is 5.10 Å². The van der Waals surface area contributed by atoms with Crippen molar-refractivity contribution in [1.29, 1.82) is 0 Å². The van der Waals surface area contributed by atoms with Crippen LogP contribution in [0.1, 0.15) is 23.4 Å². The summed E-state index contributed by atoms with van der Waals surface area (Å²) < 4.78 is 29.1. The minimum absolute atomic E-state index is 0.0130. The SMILES string of the molecule is CC(Cl)c1cnn(CC(F)(F)c2ccccc2)c1. The van der Waals surface area contributed by atoms with Crippen LogP contribution in [0.25, 0.3) is 0 Å². The van der Waals surface area contributed by atoms with E-state index >= 15 is 0 Å². The van der Waals surface area contributed by atoms with E-state index in [9.17, 15) is 8.78 Å². The normalized spacial score (nSPS) is 13.6. The maximum atomic E-state index is 14.0. The zero-order valence-electron chi connectivity index (χ0n) is 9.85. The average molecular weight is 271 g/mol. The lowest BCUT2D eigenvalue weighted by molar-refractivity contribution is -0.0254. The molecule has 0 fully saturated rings. The van der Waals surface area contributed by atoms with Gasteiger partial charge in [0, 0.05) is 17.3 Å². The molecule has 2 nitrogen and oxygen atoms in total. The summed E-state index contributed by atoms with van der Waals surface area (Å²) in [7, 11) is 0. The molecule has 0 bridgehead atoms. The van der Waals surface area contributed by atoms with Gasteiger partial charge >= 0.3 is 0 Å². The molecule has 0 aliphatic carbocycles. The van der Waals surface area contributed by atoms with Crippen LogP contribution in [0.5, 0.6) is 0 Å². The highest BCUT2D eigenvalue weighted by Gasteiger charge is 2.32. The highest BCUT2D eigenvalue weighted by Crippen LogP contribution is 2.30. The molecule has 1 atom stereocenters. The highest BCUT2D eigenvalue weighted by molar-refractivity contribution is 6.20. The first-order valence-corrected chi connectivity index (χ1v) is 6.02. The van der Waals surface area contributed by atoms with Crippen molar-refractivity contribution in [2.45, 2.75) is 24.8 Å². The molecule has 0 saturated carbocycles. The fourth-order valence-electron chi connectivity index (χ4n) is 1.65. The molecule has 0 amide bonds. The van der Waals surface area contributed by atoms with Crippen molar-refractivity contribution in [1.82, 2.24) is 9.78 Å². The largest absolute Gasteiger partial charge is 0.292 e. The Morgan fingerprint density at radius 1 is 1.33 bits per heavy atom. The maximum absolute atomic E-state index is 14.0. The Kier molecular flexibility index (Phi) is 3.66. The third-order valence-electron chi connectivity index (χ3n) is 2.67. The van der Waals surface area contributed by atoms with Gasteiger partial charge in [-0.05, 0) is 6.92 Å². The van der Waals surface area contributed by atoms with Gasteiger partial charge in [-0.3, -0.25) is 4.68 Å². The number of benzene rings is 1. The Morgan fingerprint density at radius 2 is 2.00 bits per heavy atom. The number of aromatic nitrogens is 2. The van der Waals surface area contributed by atoms with Crippen molar-refractivity contribution >= 4 is 11.6 Å². The fraction of sp³-hybridized carbons (Fsp3) is 0.308. The van der Waals surface area contributed by atoms with Crippen molar-refractivity contribution < 1.29 is 8.78 Å². The van der Waals surface area contributed by atoms with E-state index in [1.165, 1.54) is 23.0 Å². The van der Waals surface area contributed by atoms with Crippen molar-refractivity contribution in [2.24, 2.45) is 0 Å². The van der Waals surface area contributed by atoms with Gasteiger partial charge in [0.15, 0.2) is 0 Å². The molecule has 1 heterocycles. The van der Waals surface area contributed by atoms with Gasteiger partial charge in [-0.15, -0.1) is 11.6 Å². The fourth-order valence-corrected chi connectivity index (χ4v) is 1.76. The van der Waals surface area contributed by atoms with Crippen LogP contribution in [0.2, 0.25) is 0 Å². The van der Waals surface area contributed by atoms with Crippen LogP contribution in [-0.2, 0) is 12.5 Å².